The molecule has 0 unspecified atom stereocenters. The molecular formula is C12H9N3OS. The van der Waals surface area contributed by atoms with Crippen LogP contribution in [0.15, 0.2) is 40.4 Å². The second kappa shape index (κ2) is 4.85. The lowest BCUT2D eigenvalue weighted by Gasteiger charge is -2.02. The van der Waals surface area contributed by atoms with Gasteiger partial charge in [0.15, 0.2) is 5.16 Å². The maximum absolute atomic E-state index is 9.17. The van der Waals surface area contributed by atoms with Crippen molar-refractivity contribution in [3.05, 3.63) is 41.7 Å². The van der Waals surface area contributed by atoms with Crippen LogP contribution in [0.1, 0.15) is 11.4 Å². The van der Waals surface area contributed by atoms with E-state index in [-0.39, 0.29) is 5.75 Å². The van der Waals surface area contributed by atoms with E-state index >= 15 is 0 Å². The van der Waals surface area contributed by atoms with Crippen molar-refractivity contribution in [2.75, 3.05) is 0 Å². The summed E-state index contributed by atoms with van der Waals surface area (Å²) in [6.45, 7) is 1.82. The van der Waals surface area contributed by atoms with Crippen LogP contribution in [-0.2, 0) is 0 Å². The molecule has 1 aromatic heterocycles. The Kier molecular flexibility index (Phi) is 3.26. The summed E-state index contributed by atoms with van der Waals surface area (Å²) in [4.78, 5) is 9.25. The fourth-order valence-electron chi connectivity index (χ4n) is 1.26. The molecule has 0 aliphatic heterocycles. The number of hydrogen-bond donors (Lipinski definition) is 1. The van der Waals surface area contributed by atoms with Gasteiger partial charge in [0.25, 0.3) is 0 Å². The first-order chi connectivity index (χ1) is 8.17. The molecule has 1 heterocycles. The van der Waals surface area contributed by atoms with Crippen LogP contribution >= 0.6 is 11.8 Å². The van der Waals surface area contributed by atoms with E-state index in [1.165, 1.54) is 11.8 Å². The number of phenols is 1. The van der Waals surface area contributed by atoms with E-state index in [2.05, 4.69) is 9.97 Å². The molecule has 1 aromatic carbocycles. The van der Waals surface area contributed by atoms with E-state index in [1.807, 2.05) is 13.0 Å². The van der Waals surface area contributed by atoms with Gasteiger partial charge in [-0.1, -0.05) is 0 Å². The highest BCUT2D eigenvalue weighted by Gasteiger charge is 2.04. The number of aryl methyl sites for hydroxylation is 1. The average molecular weight is 243 g/mol. The third kappa shape index (κ3) is 2.95. The number of aromatic hydroxyl groups is 1. The number of hydrogen-bond acceptors (Lipinski definition) is 5. The monoisotopic (exact) mass is 243 g/mol. The van der Waals surface area contributed by atoms with Gasteiger partial charge in [-0.3, -0.25) is 0 Å². The molecule has 5 heteroatoms. The zero-order chi connectivity index (χ0) is 12.3. The Morgan fingerprint density at radius 2 is 1.94 bits per heavy atom. The number of nitrogens with zero attached hydrogens (tertiary/aromatic N) is 3. The Morgan fingerprint density at radius 1 is 1.24 bits per heavy atom. The molecule has 0 bridgehead atoms. The fraction of sp³-hybridized carbons (Fsp3) is 0.0833. The van der Waals surface area contributed by atoms with Gasteiger partial charge in [-0.15, -0.1) is 0 Å². The Morgan fingerprint density at radius 3 is 2.59 bits per heavy atom. The van der Waals surface area contributed by atoms with Crippen LogP contribution in [0.5, 0.6) is 5.75 Å². The van der Waals surface area contributed by atoms with Gasteiger partial charge in [-0.25, -0.2) is 9.97 Å². The van der Waals surface area contributed by atoms with Crippen LogP contribution in [0.2, 0.25) is 0 Å². The van der Waals surface area contributed by atoms with Crippen molar-refractivity contribution in [2.24, 2.45) is 0 Å². The molecule has 84 valence electrons. The number of phenolic OH excluding ortho intramolecular Hbond substituents is 1. The summed E-state index contributed by atoms with van der Waals surface area (Å²) in [6.07, 6.45) is 0. The van der Waals surface area contributed by atoms with E-state index in [0.717, 1.165) is 10.6 Å². The molecule has 0 aliphatic carbocycles. The van der Waals surface area contributed by atoms with Crippen molar-refractivity contribution < 1.29 is 5.11 Å². The largest absolute Gasteiger partial charge is 0.508 e. The minimum Gasteiger partial charge on any atom is -0.508 e. The van der Waals surface area contributed by atoms with Gasteiger partial charge in [0, 0.05) is 10.6 Å². The topological polar surface area (TPSA) is 69.8 Å². The van der Waals surface area contributed by atoms with Crippen LogP contribution < -0.4 is 0 Å². The Hall–Kier alpha value is -2.06. The van der Waals surface area contributed by atoms with Gasteiger partial charge in [-0.05, 0) is 49.0 Å². The highest BCUT2D eigenvalue weighted by molar-refractivity contribution is 7.99. The average Bonchev–Trinajstić information content (AvgIpc) is 2.31. The van der Waals surface area contributed by atoms with E-state index in [0.29, 0.717) is 10.9 Å². The fourth-order valence-corrected chi connectivity index (χ4v) is 2.08. The van der Waals surface area contributed by atoms with Gasteiger partial charge >= 0.3 is 0 Å². The third-order valence-electron chi connectivity index (χ3n) is 1.99. The second-order valence-corrected chi connectivity index (χ2v) is 4.43. The smallest absolute Gasteiger partial charge is 0.193 e. The van der Waals surface area contributed by atoms with Crippen LogP contribution in [0, 0.1) is 18.3 Å². The lowest BCUT2D eigenvalue weighted by atomic mass is 10.3. The third-order valence-corrected chi connectivity index (χ3v) is 2.87. The maximum atomic E-state index is 9.17. The first-order valence-electron chi connectivity index (χ1n) is 4.90. The van der Waals surface area contributed by atoms with Crippen molar-refractivity contribution in [1.82, 2.24) is 9.97 Å². The predicted octanol–water partition coefficient (Wildman–Crippen LogP) is 2.51. The molecule has 0 spiro atoms. The molecule has 0 amide bonds. The standard InChI is InChI=1S/C12H9N3OS/c1-8-6-9(7-13)15-12(14-8)17-11-4-2-10(16)3-5-11/h2-6,16H,1H3. The molecule has 0 aliphatic rings. The molecule has 0 fully saturated rings. The summed E-state index contributed by atoms with van der Waals surface area (Å²) in [7, 11) is 0. The minimum atomic E-state index is 0.220. The lowest BCUT2D eigenvalue weighted by molar-refractivity contribution is 0.475. The molecule has 4 nitrogen and oxygen atoms in total. The van der Waals surface area contributed by atoms with Crippen molar-refractivity contribution in [1.29, 1.82) is 5.26 Å². The highest BCUT2D eigenvalue weighted by atomic mass is 32.2. The van der Waals surface area contributed by atoms with Crippen molar-refractivity contribution in [3.8, 4) is 11.8 Å². The summed E-state index contributed by atoms with van der Waals surface area (Å²) in [5, 5.41) is 18.5. The molecular weight excluding hydrogens is 234 g/mol. The first-order valence-corrected chi connectivity index (χ1v) is 5.72. The normalized spacial score (nSPS) is 9.88. The van der Waals surface area contributed by atoms with Gasteiger partial charge in [-0.2, -0.15) is 5.26 Å². The van der Waals surface area contributed by atoms with Crippen LogP contribution in [0.4, 0.5) is 0 Å². The van der Waals surface area contributed by atoms with E-state index in [4.69, 9.17) is 10.4 Å². The second-order valence-electron chi connectivity index (χ2n) is 3.38. The van der Waals surface area contributed by atoms with Crippen LogP contribution in [0.3, 0.4) is 0 Å². The number of nitriles is 1. The maximum Gasteiger partial charge on any atom is 0.193 e. The quantitative estimate of drug-likeness (QED) is 0.821. The summed E-state index contributed by atoms with van der Waals surface area (Å²) in [5.74, 6) is 0.220. The predicted molar refractivity (Wildman–Crippen MR) is 63.7 cm³/mol. The molecule has 1 N–H and O–H groups in total. The highest BCUT2D eigenvalue weighted by Crippen LogP contribution is 2.26. The minimum absolute atomic E-state index is 0.220. The summed E-state index contributed by atoms with van der Waals surface area (Å²) in [6, 6.07) is 10.4. The molecule has 0 atom stereocenters. The van der Waals surface area contributed by atoms with Gasteiger partial charge in [0.2, 0.25) is 0 Å². The zero-order valence-corrected chi connectivity index (χ0v) is 9.90. The summed E-state index contributed by atoms with van der Waals surface area (Å²) < 4.78 is 0. The first kappa shape index (κ1) is 11.4. The van der Waals surface area contributed by atoms with Crippen molar-refractivity contribution in [3.63, 3.8) is 0 Å². The van der Waals surface area contributed by atoms with E-state index in [1.54, 1.807) is 30.3 Å². The Labute approximate surface area is 103 Å². The summed E-state index contributed by atoms with van der Waals surface area (Å²) >= 11 is 1.36. The van der Waals surface area contributed by atoms with Crippen LogP contribution in [-0.4, -0.2) is 15.1 Å². The zero-order valence-electron chi connectivity index (χ0n) is 9.08. The molecule has 2 aromatic rings. The van der Waals surface area contributed by atoms with E-state index < -0.39 is 0 Å². The Bertz CT molecular complexity index is 575. The van der Waals surface area contributed by atoms with E-state index in [9.17, 15) is 0 Å². The van der Waals surface area contributed by atoms with Crippen molar-refractivity contribution >= 4 is 11.8 Å². The summed E-state index contributed by atoms with van der Waals surface area (Å²) in [5.41, 5.74) is 1.12. The van der Waals surface area contributed by atoms with Crippen molar-refractivity contribution in [2.45, 2.75) is 17.0 Å². The number of benzene rings is 1. The number of rotatable bonds is 2. The van der Waals surface area contributed by atoms with Crippen LogP contribution in [0.25, 0.3) is 0 Å². The Balaban J connectivity index is 2.27. The SMILES string of the molecule is Cc1cc(C#N)nc(Sc2ccc(O)cc2)n1. The molecule has 2 rings (SSSR count). The lowest BCUT2D eigenvalue weighted by Crippen LogP contribution is -1.93. The molecule has 0 radical (unpaired) electrons. The van der Waals surface area contributed by atoms with Gasteiger partial charge < -0.3 is 5.11 Å². The molecule has 0 saturated heterocycles. The number of aromatic nitrogens is 2. The van der Waals surface area contributed by atoms with Gasteiger partial charge in [0.1, 0.15) is 17.5 Å². The van der Waals surface area contributed by atoms with Gasteiger partial charge in [0.05, 0.1) is 0 Å². The molecule has 0 saturated carbocycles. The molecule has 17 heavy (non-hydrogen) atoms.